The fourth-order valence-electron chi connectivity index (χ4n) is 0.803. The number of halogens is 1. The quantitative estimate of drug-likeness (QED) is 0.485. The Morgan fingerprint density at radius 2 is 2.50 bits per heavy atom. The van der Waals surface area contributed by atoms with Gasteiger partial charge in [0.15, 0.2) is 0 Å². The molecule has 0 bridgehead atoms. The molecule has 0 aromatic rings. The van der Waals surface area contributed by atoms with Crippen LogP contribution < -0.4 is 0 Å². The van der Waals surface area contributed by atoms with Crippen molar-refractivity contribution >= 4 is 16.8 Å². The Morgan fingerprint density at radius 1 is 1.88 bits per heavy atom. The maximum atomic E-state index is 10.4. The molecule has 0 amide bonds. The van der Waals surface area contributed by atoms with Crippen LogP contribution in [0, 0.1) is 0 Å². The van der Waals surface area contributed by atoms with Crippen LogP contribution in [-0.4, -0.2) is 29.8 Å². The van der Waals surface area contributed by atoms with Gasteiger partial charge in [0.1, 0.15) is 0 Å². The number of rotatable bonds is 1. The number of hydrogen-bond donors (Lipinski definition) is 0. The molecule has 0 N–H and O–H groups in total. The maximum absolute atomic E-state index is 10.4. The number of nitrogens with zero attached hydrogens (tertiary/aromatic N) is 1. The Balaban J connectivity index is 2.37. The van der Waals surface area contributed by atoms with Gasteiger partial charge in [0.25, 0.3) is 0 Å². The molecule has 1 aliphatic heterocycles. The van der Waals surface area contributed by atoms with Crippen molar-refractivity contribution in [3.05, 3.63) is 0 Å². The first-order valence-corrected chi connectivity index (χ1v) is 2.99. The summed E-state index contributed by atoms with van der Waals surface area (Å²) in [6.07, 6.45) is 0.929. The van der Waals surface area contributed by atoms with Crippen LogP contribution in [0.25, 0.3) is 0 Å². The minimum absolute atomic E-state index is 0.0108. The second-order valence-corrected chi connectivity index (χ2v) is 2.46. The van der Waals surface area contributed by atoms with Crippen LogP contribution in [0.1, 0.15) is 6.42 Å². The molecule has 2 nitrogen and oxygen atoms in total. The topological polar surface area (TPSA) is 20.3 Å². The summed E-state index contributed by atoms with van der Waals surface area (Å²) in [5.41, 5.74) is 0. The third-order valence-corrected chi connectivity index (χ3v) is 1.80. The Morgan fingerprint density at radius 3 is 2.50 bits per heavy atom. The van der Waals surface area contributed by atoms with E-state index in [1.54, 1.807) is 0 Å². The van der Waals surface area contributed by atoms with E-state index in [0.717, 1.165) is 13.0 Å². The van der Waals surface area contributed by atoms with E-state index in [0.29, 0.717) is 0 Å². The van der Waals surface area contributed by atoms with Crippen molar-refractivity contribution < 1.29 is 4.79 Å². The van der Waals surface area contributed by atoms with E-state index in [1.807, 2.05) is 11.9 Å². The molecule has 8 heavy (non-hydrogen) atoms. The molecular weight excluding hydrogens is 126 g/mol. The zero-order valence-corrected chi connectivity index (χ0v) is 5.48. The summed E-state index contributed by atoms with van der Waals surface area (Å²) in [6, 6.07) is 0.0108. The summed E-state index contributed by atoms with van der Waals surface area (Å²) < 4.78 is 0. The molecule has 0 spiro atoms. The van der Waals surface area contributed by atoms with E-state index in [1.165, 1.54) is 0 Å². The second-order valence-electron chi connectivity index (χ2n) is 2.09. The maximum Gasteiger partial charge on any atom is 0.238 e. The third kappa shape index (κ3) is 0.858. The van der Waals surface area contributed by atoms with Crippen molar-refractivity contribution in [3.8, 4) is 0 Å². The Kier molecular flexibility index (Phi) is 1.54. The standard InChI is InChI=1S/C5H8ClNO/c1-7-3-2-4(7)5(6)8/h4H,2-3H2,1H3. The molecule has 3 heteroatoms. The van der Waals surface area contributed by atoms with E-state index in [-0.39, 0.29) is 11.3 Å². The molecule has 46 valence electrons. The molecule has 0 radical (unpaired) electrons. The van der Waals surface area contributed by atoms with Crippen LogP contribution in [0.3, 0.4) is 0 Å². The highest BCUT2D eigenvalue weighted by Gasteiger charge is 2.29. The van der Waals surface area contributed by atoms with E-state index in [2.05, 4.69) is 0 Å². The average molecular weight is 134 g/mol. The van der Waals surface area contributed by atoms with Crippen molar-refractivity contribution in [2.24, 2.45) is 0 Å². The van der Waals surface area contributed by atoms with Gasteiger partial charge < -0.3 is 0 Å². The third-order valence-electron chi connectivity index (χ3n) is 1.55. The highest BCUT2D eigenvalue weighted by Crippen LogP contribution is 2.15. The van der Waals surface area contributed by atoms with Crippen LogP contribution >= 0.6 is 11.6 Å². The minimum atomic E-state index is -0.223. The van der Waals surface area contributed by atoms with Crippen molar-refractivity contribution in [2.45, 2.75) is 12.5 Å². The minimum Gasteiger partial charge on any atom is -0.295 e. The molecule has 0 aliphatic carbocycles. The van der Waals surface area contributed by atoms with E-state index >= 15 is 0 Å². The summed E-state index contributed by atoms with van der Waals surface area (Å²) in [5.74, 6) is 0. The van der Waals surface area contributed by atoms with E-state index < -0.39 is 0 Å². The predicted octanol–water partition coefficient (Wildman–Crippen LogP) is 0.456. The number of carbonyl (C=O) groups excluding carboxylic acids is 1. The molecule has 1 atom stereocenters. The van der Waals surface area contributed by atoms with Crippen molar-refractivity contribution in [1.29, 1.82) is 0 Å². The SMILES string of the molecule is CN1CCC1C(=O)Cl. The van der Waals surface area contributed by atoms with Crippen molar-refractivity contribution in [2.75, 3.05) is 13.6 Å². The fraction of sp³-hybridized carbons (Fsp3) is 0.800. The van der Waals surface area contributed by atoms with Gasteiger partial charge in [0.2, 0.25) is 5.24 Å². The first-order valence-electron chi connectivity index (χ1n) is 2.61. The van der Waals surface area contributed by atoms with Gasteiger partial charge in [-0.05, 0) is 25.1 Å². The van der Waals surface area contributed by atoms with Crippen LogP contribution in [0.4, 0.5) is 0 Å². The monoisotopic (exact) mass is 133 g/mol. The Hall–Kier alpha value is -0.0800. The molecule has 1 fully saturated rings. The van der Waals surface area contributed by atoms with Gasteiger partial charge >= 0.3 is 0 Å². The summed E-state index contributed by atoms with van der Waals surface area (Å²) in [4.78, 5) is 12.3. The summed E-state index contributed by atoms with van der Waals surface area (Å²) >= 11 is 5.19. The van der Waals surface area contributed by atoms with Gasteiger partial charge in [-0.3, -0.25) is 9.69 Å². The molecule has 0 aromatic heterocycles. The lowest BCUT2D eigenvalue weighted by atomic mass is 10.1. The van der Waals surface area contributed by atoms with Gasteiger partial charge in [-0.15, -0.1) is 0 Å². The molecule has 1 unspecified atom stereocenters. The zero-order chi connectivity index (χ0) is 6.15. The first kappa shape index (κ1) is 6.05. The van der Waals surface area contributed by atoms with Crippen molar-refractivity contribution in [3.63, 3.8) is 0 Å². The summed E-state index contributed by atoms with van der Waals surface area (Å²) in [7, 11) is 1.90. The van der Waals surface area contributed by atoms with Gasteiger partial charge in [-0.1, -0.05) is 0 Å². The fourth-order valence-corrected chi connectivity index (χ4v) is 1.08. The van der Waals surface area contributed by atoms with Crippen LogP contribution in [0.5, 0.6) is 0 Å². The number of carbonyl (C=O) groups is 1. The van der Waals surface area contributed by atoms with Crippen LogP contribution in [-0.2, 0) is 4.79 Å². The molecule has 0 saturated carbocycles. The molecular formula is C5H8ClNO. The number of likely N-dealkylation sites (N-methyl/N-ethyl adjacent to an activating group) is 1. The van der Waals surface area contributed by atoms with E-state index in [4.69, 9.17) is 11.6 Å². The normalized spacial score (nSPS) is 29.5. The first-order chi connectivity index (χ1) is 3.72. The van der Waals surface area contributed by atoms with Crippen molar-refractivity contribution in [1.82, 2.24) is 4.90 Å². The lowest BCUT2D eigenvalue weighted by molar-refractivity contribution is -0.119. The molecule has 1 heterocycles. The lowest BCUT2D eigenvalue weighted by Crippen LogP contribution is -2.48. The Bertz CT molecular complexity index is 115. The Labute approximate surface area is 53.4 Å². The molecule has 1 saturated heterocycles. The predicted molar refractivity (Wildman–Crippen MR) is 31.9 cm³/mol. The van der Waals surface area contributed by atoms with Crippen LogP contribution in [0.15, 0.2) is 0 Å². The number of likely N-dealkylation sites (tertiary alicyclic amines) is 1. The van der Waals surface area contributed by atoms with Crippen LogP contribution in [0.2, 0.25) is 0 Å². The lowest BCUT2D eigenvalue weighted by Gasteiger charge is -2.34. The summed E-state index contributed by atoms with van der Waals surface area (Å²) in [6.45, 7) is 1.00. The van der Waals surface area contributed by atoms with Gasteiger partial charge in [-0.25, -0.2) is 0 Å². The highest BCUT2D eigenvalue weighted by atomic mass is 35.5. The van der Waals surface area contributed by atoms with Gasteiger partial charge in [0.05, 0.1) is 6.04 Å². The second kappa shape index (κ2) is 2.03. The smallest absolute Gasteiger partial charge is 0.238 e. The van der Waals surface area contributed by atoms with Gasteiger partial charge in [-0.2, -0.15) is 0 Å². The molecule has 1 rings (SSSR count). The zero-order valence-electron chi connectivity index (χ0n) is 4.72. The largest absolute Gasteiger partial charge is 0.295 e. The average Bonchev–Trinajstić information content (AvgIpc) is 1.61. The molecule has 0 aromatic carbocycles. The summed E-state index contributed by atoms with van der Waals surface area (Å²) in [5, 5.41) is -0.223. The highest BCUT2D eigenvalue weighted by molar-refractivity contribution is 6.64. The molecule has 1 aliphatic rings. The van der Waals surface area contributed by atoms with Gasteiger partial charge in [0, 0.05) is 6.54 Å². The van der Waals surface area contributed by atoms with E-state index in [9.17, 15) is 4.79 Å². The number of hydrogen-bond acceptors (Lipinski definition) is 2.